The number of hydrogen-bond acceptors (Lipinski definition) is 3. The summed E-state index contributed by atoms with van der Waals surface area (Å²) in [5.41, 5.74) is 0.968. The number of amides is 1. The van der Waals surface area contributed by atoms with Gasteiger partial charge in [-0.05, 0) is 35.6 Å². The fraction of sp³-hybridized carbons (Fsp3) is 0.304. The maximum atomic E-state index is 13.9. The van der Waals surface area contributed by atoms with Crippen LogP contribution in [0, 0.1) is 18.4 Å². The summed E-state index contributed by atoms with van der Waals surface area (Å²) in [5, 5.41) is 0. The summed E-state index contributed by atoms with van der Waals surface area (Å²) in [6, 6.07) is 13.4. The van der Waals surface area contributed by atoms with Crippen LogP contribution in [0.5, 0.6) is 0 Å². The molecule has 1 aromatic carbocycles. The lowest BCUT2D eigenvalue weighted by molar-refractivity contribution is -0.145. The average Bonchev–Trinajstić information content (AvgIpc) is 2.74. The van der Waals surface area contributed by atoms with Crippen LogP contribution in [0.1, 0.15) is 24.5 Å². The second-order valence-corrected chi connectivity index (χ2v) is 7.51. The van der Waals surface area contributed by atoms with Gasteiger partial charge in [0.15, 0.2) is 5.78 Å². The van der Waals surface area contributed by atoms with Crippen molar-refractivity contribution in [2.45, 2.75) is 25.3 Å². The molecule has 0 saturated carbocycles. The molecule has 0 unspecified atom stereocenters. The Morgan fingerprint density at radius 1 is 1.18 bits per heavy atom. The number of benzene rings is 1. The number of likely N-dealkylation sites (tertiary alicyclic amines) is 1. The van der Waals surface area contributed by atoms with E-state index in [9.17, 15) is 9.59 Å². The molecule has 140 valence electrons. The van der Waals surface area contributed by atoms with Crippen LogP contribution in [0.3, 0.4) is 0 Å². The smallest absolute Gasteiger partial charge is 0.236 e. The Morgan fingerprint density at radius 2 is 1.89 bits per heavy atom. The second-order valence-electron chi connectivity index (χ2n) is 7.51. The molecule has 0 bridgehead atoms. The molecular formula is C23H21N3O2. The van der Waals surface area contributed by atoms with Gasteiger partial charge in [-0.2, -0.15) is 0 Å². The molecule has 2 heterocycles. The van der Waals surface area contributed by atoms with E-state index in [2.05, 4.69) is 9.83 Å². The molecule has 28 heavy (non-hydrogen) atoms. The highest BCUT2D eigenvalue weighted by Crippen LogP contribution is 2.49. The van der Waals surface area contributed by atoms with Crippen molar-refractivity contribution in [3.63, 3.8) is 0 Å². The molecule has 2 aliphatic rings. The van der Waals surface area contributed by atoms with Gasteiger partial charge in [0.25, 0.3) is 0 Å². The first kappa shape index (κ1) is 18.1. The van der Waals surface area contributed by atoms with Crippen LogP contribution >= 0.6 is 0 Å². The van der Waals surface area contributed by atoms with E-state index in [-0.39, 0.29) is 29.2 Å². The van der Waals surface area contributed by atoms with E-state index in [1.807, 2.05) is 54.3 Å². The van der Waals surface area contributed by atoms with Gasteiger partial charge in [-0.3, -0.25) is 9.78 Å². The van der Waals surface area contributed by atoms with Gasteiger partial charge in [0.2, 0.25) is 11.6 Å². The predicted molar refractivity (Wildman–Crippen MR) is 105 cm³/mol. The third kappa shape index (κ3) is 2.73. The Balaban J connectivity index is 1.84. The predicted octanol–water partition coefficient (Wildman–Crippen LogP) is 3.39. The van der Waals surface area contributed by atoms with Gasteiger partial charge in [-0.15, -0.1) is 0 Å². The zero-order valence-corrected chi connectivity index (χ0v) is 15.7. The molecule has 5 heteroatoms. The standard InChI is InChI=1S/C23H21N3O2/c1-16-19-10-13-26(15-17-8-11-25-12-9-17)22(28)23(19,14-20(24-2)21(16)27)18-6-4-3-5-7-18/h3-9,11-12,14,16,19H,10,13,15H2,1H3/t16-,19-,23+/m1/s1. The molecule has 3 atom stereocenters. The number of carbonyl (C=O) groups is 2. The molecule has 5 nitrogen and oxygen atoms in total. The first-order valence-electron chi connectivity index (χ1n) is 9.46. The fourth-order valence-corrected chi connectivity index (χ4v) is 4.64. The highest BCUT2D eigenvalue weighted by molar-refractivity contribution is 6.04. The molecule has 1 aromatic heterocycles. The minimum absolute atomic E-state index is 0.0349. The van der Waals surface area contributed by atoms with Crippen molar-refractivity contribution in [3.8, 4) is 0 Å². The van der Waals surface area contributed by atoms with Gasteiger partial charge in [0.1, 0.15) is 0 Å². The van der Waals surface area contributed by atoms with E-state index >= 15 is 0 Å². The Bertz CT molecular complexity index is 978. The van der Waals surface area contributed by atoms with Crippen molar-refractivity contribution >= 4 is 11.7 Å². The van der Waals surface area contributed by atoms with E-state index in [0.717, 1.165) is 17.5 Å². The van der Waals surface area contributed by atoms with Gasteiger partial charge < -0.3 is 9.69 Å². The normalized spacial score (nSPS) is 27.0. The lowest BCUT2D eigenvalue weighted by Crippen LogP contribution is -2.59. The number of Topliss-reactive ketones (excluding diaryl/α,β-unsaturated/α-hetero) is 1. The van der Waals surface area contributed by atoms with E-state index in [1.54, 1.807) is 18.5 Å². The molecule has 4 rings (SSSR count). The molecular weight excluding hydrogens is 350 g/mol. The minimum atomic E-state index is -0.972. The summed E-state index contributed by atoms with van der Waals surface area (Å²) >= 11 is 0. The number of carbonyl (C=O) groups excluding carboxylic acids is 2. The Morgan fingerprint density at radius 3 is 2.57 bits per heavy atom. The van der Waals surface area contributed by atoms with Crippen LogP contribution in [0.2, 0.25) is 0 Å². The summed E-state index contributed by atoms with van der Waals surface area (Å²) in [5.74, 6) is -0.690. The number of rotatable bonds is 3. The van der Waals surface area contributed by atoms with Gasteiger partial charge >= 0.3 is 0 Å². The lowest BCUT2D eigenvalue weighted by atomic mass is 9.58. The topological polar surface area (TPSA) is 54.6 Å². The number of pyridine rings is 1. The van der Waals surface area contributed by atoms with Crippen molar-refractivity contribution in [1.29, 1.82) is 0 Å². The van der Waals surface area contributed by atoms with Gasteiger partial charge in [0.05, 0.1) is 12.0 Å². The second kappa shape index (κ2) is 7.05. The van der Waals surface area contributed by atoms with Crippen LogP contribution in [-0.2, 0) is 21.5 Å². The average molecular weight is 371 g/mol. The SMILES string of the molecule is [C-]#[N+]C1=C[C@@]2(c3ccccc3)C(=O)N(Cc3ccncc3)CC[C@@H]2[C@@H](C)C1=O. The van der Waals surface area contributed by atoms with E-state index in [1.165, 1.54) is 0 Å². The summed E-state index contributed by atoms with van der Waals surface area (Å²) in [6.07, 6.45) is 5.81. The van der Waals surface area contributed by atoms with Crippen LogP contribution in [0.25, 0.3) is 4.85 Å². The highest BCUT2D eigenvalue weighted by Gasteiger charge is 2.56. The summed E-state index contributed by atoms with van der Waals surface area (Å²) in [4.78, 5) is 35.9. The molecule has 1 saturated heterocycles. The van der Waals surface area contributed by atoms with Crippen molar-refractivity contribution in [2.75, 3.05) is 6.54 Å². The van der Waals surface area contributed by atoms with Crippen molar-refractivity contribution in [3.05, 3.63) is 89.2 Å². The number of hydrogen-bond donors (Lipinski definition) is 0. The minimum Gasteiger partial charge on any atom is -0.337 e. The monoisotopic (exact) mass is 371 g/mol. The fourth-order valence-electron chi connectivity index (χ4n) is 4.64. The maximum Gasteiger partial charge on any atom is 0.236 e. The van der Waals surface area contributed by atoms with E-state index < -0.39 is 5.41 Å². The van der Waals surface area contributed by atoms with Crippen molar-refractivity contribution in [2.24, 2.45) is 11.8 Å². The number of ketones is 1. The van der Waals surface area contributed by atoms with E-state index in [0.29, 0.717) is 13.1 Å². The number of piperidine rings is 1. The Kier molecular flexibility index (Phi) is 4.56. The molecule has 1 aliphatic carbocycles. The van der Waals surface area contributed by atoms with Crippen LogP contribution in [0.15, 0.2) is 66.6 Å². The zero-order chi connectivity index (χ0) is 19.7. The number of fused-ring (bicyclic) bond motifs is 1. The molecule has 2 aromatic rings. The Hall–Kier alpha value is -3.26. The number of nitrogens with zero attached hydrogens (tertiary/aromatic N) is 3. The van der Waals surface area contributed by atoms with Gasteiger partial charge in [-0.1, -0.05) is 43.3 Å². The molecule has 1 aliphatic heterocycles. The highest BCUT2D eigenvalue weighted by atomic mass is 16.2. The van der Waals surface area contributed by atoms with Gasteiger partial charge in [-0.25, -0.2) is 4.85 Å². The quantitative estimate of drug-likeness (QED) is 0.777. The van der Waals surface area contributed by atoms with Crippen LogP contribution in [0.4, 0.5) is 0 Å². The Labute approximate surface area is 164 Å². The largest absolute Gasteiger partial charge is 0.337 e. The van der Waals surface area contributed by atoms with Crippen molar-refractivity contribution < 1.29 is 9.59 Å². The summed E-state index contributed by atoms with van der Waals surface area (Å²) < 4.78 is 0. The molecule has 0 N–H and O–H groups in total. The zero-order valence-electron chi connectivity index (χ0n) is 15.7. The molecule has 1 fully saturated rings. The lowest BCUT2D eigenvalue weighted by Gasteiger charge is -2.50. The van der Waals surface area contributed by atoms with E-state index in [4.69, 9.17) is 6.57 Å². The maximum absolute atomic E-state index is 13.9. The van der Waals surface area contributed by atoms with Crippen LogP contribution in [-0.4, -0.2) is 28.1 Å². The number of allylic oxidation sites excluding steroid dienone is 1. The first-order valence-corrected chi connectivity index (χ1v) is 9.46. The first-order chi connectivity index (χ1) is 13.6. The van der Waals surface area contributed by atoms with Gasteiger partial charge in [0, 0.05) is 31.4 Å². The summed E-state index contributed by atoms with van der Waals surface area (Å²) in [6.45, 7) is 10.4. The molecule has 1 amide bonds. The van der Waals surface area contributed by atoms with Crippen LogP contribution < -0.4 is 0 Å². The van der Waals surface area contributed by atoms with Crippen molar-refractivity contribution in [1.82, 2.24) is 9.88 Å². The third-order valence-electron chi connectivity index (χ3n) is 6.06. The summed E-state index contributed by atoms with van der Waals surface area (Å²) in [7, 11) is 0. The molecule has 0 radical (unpaired) electrons. The molecule has 0 spiro atoms. The number of aromatic nitrogens is 1. The third-order valence-corrected chi connectivity index (χ3v) is 6.06.